The van der Waals surface area contributed by atoms with Crippen molar-refractivity contribution in [2.24, 2.45) is 0 Å². The number of hydrogen-bond donors (Lipinski definition) is 1. The predicted octanol–water partition coefficient (Wildman–Crippen LogP) is 5.20. The van der Waals surface area contributed by atoms with E-state index in [2.05, 4.69) is 5.32 Å². The average molecular weight is 445 g/mol. The lowest BCUT2D eigenvalue weighted by Crippen LogP contribution is -2.51. The highest BCUT2D eigenvalue weighted by atomic mass is 35.5. The molecular formula is C25H30ClFN2O2. The Kier molecular flexibility index (Phi) is 8.08. The Bertz CT molecular complexity index is 907. The standard InChI is InChI=1S/C25H30ClFN2O2/c1-3-23(25(31)28-19-10-4-5-11-19)29(16-18-9-6-8-17(2)14-18)24(30)15-20-21(26)12-7-13-22(20)27/h6-9,12-14,19,23H,3-5,10-11,15-16H2,1-2H3,(H,28,31). The molecule has 0 saturated heterocycles. The van der Waals surface area contributed by atoms with Crippen LogP contribution in [0.15, 0.2) is 42.5 Å². The number of nitrogens with zero attached hydrogens (tertiary/aromatic N) is 1. The van der Waals surface area contributed by atoms with Crippen LogP contribution in [0, 0.1) is 12.7 Å². The van der Waals surface area contributed by atoms with Gasteiger partial charge in [0.1, 0.15) is 11.9 Å². The maximum atomic E-state index is 14.3. The minimum Gasteiger partial charge on any atom is -0.352 e. The quantitative estimate of drug-likeness (QED) is 0.608. The number of nitrogens with one attached hydrogen (secondary N) is 1. The van der Waals surface area contributed by atoms with Gasteiger partial charge in [-0.25, -0.2) is 4.39 Å². The van der Waals surface area contributed by atoms with Gasteiger partial charge in [0.2, 0.25) is 11.8 Å². The lowest BCUT2D eigenvalue weighted by atomic mass is 10.0. The van der Waals surface area contributed by atoms with Crippen molar-refractivity contribution < 1.29 is 14.0 Å². The number of rotatable bonds is 8. The summed E-state index contributed by atoms with van der Waals surface area (Å²) in [6.07, 6.45) is 4.45. The van der Waals surface area contributed by atoms with Crippen LogP contribution in [-0.4, -0.2) is 28.8 Å². The van der Waals surface area contributed by atoms with Crippen molar-refractivity contribution in [3.63, 3.8) is 0 Å². The van der Waals surface area contributed by atoms with E-state index in [4.69, 9.17) is 11.6 Å². The van der Waals surface area contributed by atoms with Gasteiger partial charge in [0, 0.05) is 23.2 Å². The zero-order valence-electron chi connectivity index (χ0n) is 18.2. The summed E-state index contributed by atoms with van der Waals surface area (Å²) in [6, 6.07) is 11.8. The van der Waals surface area contributed by atoms with Crippen molar-refractivity contribution in [2.75, 3.05) is 0 Å². The highest BCUT2D eigenvalue weighted by Gasteiger charge is 2.31. The summed E-state index contributed by atoms with van der Waals surface area (Å²) in [5, 5.41) is 3.33. The summed E-state index contributed by atoms with van der Waals surface area (Å²) in [7, 11) is 0. The molecule has 0 aliphatic heterocycles. The molecule has 1 atom stereocenters. The normalized spacial score (nSPS) is 15.0. The molecule has 6 heteroatoms. The Hall–Kier alpha value is -2.40. The summed E-state index contributed by atoms with van der Waals surface area (Å²) in [4.78, 5) is 28.1. The first-order valence-electron chi connectivity index (χ1n) is 11.0. The first-order valence-corrected chi connectivity index (χ1v) is 11.3. The molecule has 1 aliphatic rings. The summed E-state index contributed by atoms with van der Waals surface area (Å²) < 4.78 is 14.3. The highest BCUT2D eigenvalue weighted by Crippen LogP contribution is 2.23. The van der Waals surface area contributed by atoms with E-state index in [9.17, 15) is 14.0 Å². The number of amides is 2. The van der Waals surface area contributed by atoms with Crippen LogP contribution in [0.25, 0.3) is 0 Å². The first kappa shape index (κ1) is 23.3. The molecule has 0 spiro atoms. The molecule has 0 radical (unpaired) electrons. The maximum Gasteiger partial charge on any atom is 0.243 e. The fourth-order valence-electron chi connectivity index (χ4n) is 4.25. The van der Waals surface area contributed by atoms with Crippen LogP contribution in [0.2, 0.25) is 5.02 Å². The molecule has 1 saturated carbocycles. The Morgan fingerprint density at radius 1 is 1.19 bits per heavy atom. The van der Waals surface area contributed by atoms with E-state index in [0.717, 1.165) is 36.8 Å². The fraction of sp³-hybridized carbons (Fsp3) is 0.440. The van der Waals surface area contributed by atoms with Crippen LogP contribution >= 0.6 is 11.6 Å². The van der Waals surface area contributed by atoms with Gasteiger partial charge in [-0.15, -0.1) is 0 Å². The minimum absolute atomic E-state index is 0.143. The molecule has 0 aromatic heterocycles. The Morgan fingerprint density at radius 3 is 2.55 bits per heavy atom. The van der Waals surface area contributed by atoms with Gasteiger partial charge >= 0.3 is 0 Å². The van der Waals surface area contributed by atoms with Crippen molar-refractivity contribution in [1.29, 1.82) is 0 Å². The van der Waals surface area contributed by atoms with Crippen molar-refractivity contribution in [1.82, 2.24) is 10.2 Å². The zero-order valence-corrected chi connectivity index (χ0v) is 18.9. The summed E-state index contributed by atoms with van der Waals surface area (Å²) in [5.74, 6) is -0.975. The van der Waals surface area contributed by atoms with Crippen molar-refractivity contribution in [2.45, 2.75) is 71.0 Å². The summed E-state index contributed by atoms with van der Waals surface area (Å²) >= 11 is 6.16. The van der Waals surface area contributed by atoms with Crippen LogP contribution in [0.5, 0.6) is 0 Å². The van der Waals surface area contributed by atoms with Crippen molar-refractivity contribution in [3.8, 4) is 0 Å². The van der Waals surface area contributed by atoms with Crippen LogP contribution in [0.3, 0.4) is 0 Å². The smallest absolute Gasteiger partial charge is 0.243 e. The largest absolute Gasteiger partial charge is 0.352 e. The minimum atomic E-state index is -0.626. The van der Waals surface area contributed by atoms with Crippen LogP contribution < -0.4 is 5.32 Å². The van der Waals surface area contributed by atoms with Crippen LogP contribution in [0.1, 0.15) is 55.7 Å². The van der Waals surface area contributed by atoms with E-state index in [0.29, 0.717) is 6.42 Å². The van der Waals surface area contributed by atoms with Crippen molar-refractivity contribution >= 4 is 23.4 Å². The molecule has 166 valence electrons. The molecule has 4 nitrogen and oxygen atoms in total. The van der Waals surface area contributed by atoms with Gasteiger partial charge in [0.05, 0.1) is 6.42 Å². The molecule has 0 heterocycles. The van der Waals surface area contributed by atoms with Gasteiger partial charge in [-0.05, 0) is 43.9 Å². The molecule has 1 aliphatic carbocycles. The Labute approximate surface area is 188 Å². The third-order valence-corrected chi connectivity index (χ3v) is 6.27. The fourth-order valence-corrected chi connectivity index (χ4v) is 4.48. The number of halogens is 2. The van der Waals surface area contributed by atoms with E-state index >= 15 is 0 Å². The first-order chi connectivity index (χ1) is 14.9. The summed E-state index contributed by atoms with van der Waals surface area (Å²) in [6.45, 7) is 4.16. The van der Waals surface area contributed by atoms with E-state index in [1.807, 2.05) is 38.1 Å². The van der Waals surface area contributed by atoms with Gasteiger partial charge < -0.3 is 10.2 Å². The Balaban J connectivity index is 1.86. The monoisotopic (exact) mass is 444 g/mol. The zero-order chi connectivity index (χ0) is 22.4. The number of aryl methyl sites for hydroxylation is 1. The Morgan fingerprint density at radius 2 is 1.90 bits per heavy atom. The number of benzene rings is 2. The molecule has 1 unspecified atom stereocenters. The second kappa shape index (κ2) is 10.8. The molecule has 31 heavy (non-hydrogen) atoms. The molecule has 1 fully saturated rings. The van der Waals surface area contributed by atoms with Crippen LogP contribution in [0.4, 0.5) is 4.39 Å². The topological polar surface area (TPSA) is 49.4 Å². The van der Waals surface area contributed by atoms with Crippen molar-refractivity contribution in [3.05, 3.63) is 70.0 Å². The average Bonchev–Trinajstić information content (AvgIpc) is 3.23. The lowest BCUT2D eigenvalue weighted by molar-refractivity contribution is -0.141. The highest BCUT2D eigenvalue weighted by molar-refractivity contribution is 6.31. The van der Waals surface area contributed by atoms with E-state index in [-0.39, 0.29) is 41.4 Å². The second-order valence-corrected chi connectivity index (χ2v) is 8.71. The summed E-state index contributed by atoms with van der Waals surface area (Å²) in [5.41, 5.74) is 2.17. The third-order valence-electron chi connectivity index (χ3n) is 5.91. The number of carbonyl (C=O) groups excluding carboxylic acids is 2. The molecule has 1 N–H and O–H groups in total. The van der Waals surface area contributed by atoms with Gasteiger partial charge in [-0.1, -0.05) is 67.3 Å². The van der Waals surface area contributed by atoms with E-state index in [1.165, 1.54) is 12.1 Å². The lowest BCUT2D eigenvalue weighted by Gasteiger charge is -2.32. The van der Waals surface area contributed by atoms with Gasteiger partial charge in [-0.3, -0.25) is 9.59 Å². The third kappa shape index (κ3) is 6.07. The van der Waals surface area contributed by atoms with Gasteiger partial charge in [-0.2, -0.15) is 0 Å². The molecule has 0 bridgehead atoms. The SMILES string of the molecule is CCC(C(=O)NC1CCCC1)N(Cc1cccc(C)c1)C(=O)Cc1c(F)cccc1Cl. The van der Waals surface area contributed by atoms with Gasteiger partial charge in [0.25, 0.3) is 0 Å². The molecule has 2 aromatic rings. The van der Waals surface area contributed by atoms with E-state index < -0.39 is 11.9 Å². The molecular weight excluding hydrogens is 415 g/mol. The van der Waals surface area contributed by atoms with E-state index in [1.54, 1.807) is 11.0 Å². The molecule has 2 aromatic carbocycles. The van der Waals surface area contributed by atoms with Crippen LogP contribution in [-0.2, 0) is 22.6 Å². The molecule has 2 amide bonds. The maximum absolute atomic E-state index is 14.3. The second-order valence-electron chi connectivity index (χ2n) is 8.30. The number of carbonyl (C=O) groups is 2. The predicted molar refractivity (Wildman–Crippen MR) is 121 cm³/mol. The molecule has 3 rings (SSSR count). The van der Waals surface area contributed by atoms with Gasteiger partial charge in [0.15, 0.2) is 0 Å². The number of hydrogen-bond acceptors (Lipinski definition) is 2.